The first-order valence-corrected chi connectivity index (χ1v) is 20.8. The fourth-order valence-corrected chi connectivity index (χ4v) is 9.12. The van der Waals surface area contributed by atoms with Gasteiger partial charge in [-0.2, -0.15) is 0 Å². The van der Waals surface area contributed by atoms with Gasteiger partial charge in [-0.1, -0.05) is 188 Å². The van der Waals surface area contributed by atoms with Crippen LogP contribution in [0.4, 0.5) is 5.69 Å². The Morgan fingerprint density at radius 2 is 0.817 bits per heavy atom. The minimum Gasteiger partial charge on any atom is -0.252 e. The SMILES string of the molecule is Cc1cc2ccccc2cc1N=C(Cc1ccc(-c2ccc3c(-c4ccc5ccccc5c4)c4ccccc4c(-c4ccc5ccccc5c4)c3c2)cc1)c1ccccc1. The quantitative estimate of drug-likeness (QED) is 0.113. The highest BCUT2D eigenvalue weighted by Crippen LogP contribution is 2.46. The maximum absolute atomic E-state index is 5.34. The highest BCUT2D eigenvalue weighted by atomic mass is 14.8. The number of fused-ring (bicyclic) bond motifs is 5. The van der Waals surface area contributed by atoms with Gasteiger partial charge in [0.2, 0.25) is 0 Å². The molecule has 0 amide bonds. The Morgan fingerprint density at radius 1 is 0.350 bits per heavy atom. The molecule has 282 valence electrons. The average Bonchev–Trinajstić information content (AvgIpc) is 3.30. The van der Waals surface area contributed by atoms with Crippen LogP contribution in [-0.4, -0.2) is 5.71 Å². The van der Waals surface area contributed by atoms with Crippen molar-refractivity contribution < 1.29 is 0 Å². The van der Waals surface area contributed by atoms with Crippen LogP contribution in [0.2, 0.25) is 0 Å². The van der Waals surface area contributed by atoms with Gasteiger partial charge in [0.1, 0.15) is 0 Å². The molecule has 0 aliphatic heterocycles. The molecule has 11 rings (SSSR count). The molecule has 0 aliphatic rings. The van der Waals surface area contributed by atoms with E-state index in [9.17, 15) is 0 Å². The van der Waals surface area contributed by atoms with Crippen LogP contribution < -0.4 is 0 Å². The summed E-state index contributed by atoms with van der Waals surface area (Å²) in [6.07, 6.45) is 0.724. The third-order valence-electron chi connectivity index (χ3n) is 12.2. The largest absolute Gasteiger partial charge is 0.252 e. The van der Waals surface area contributed by atoms with Crippen LogP contribution in [0.3, 0.4) is 0 Å². The van der Waals surface area contributed by atoms with Gasteiger partial charge in [-0.15, -0.1) is 0 Å². The van der Waals surface area contributed by atoms with E-state index in [1.165, 1.54) is 98.4 Å². The summed E-state index contributed by atoms with van der Waals surface area (Å²) in [6, 6.07) is 79.9. The molecule has 0 bridgehead atoms. The van der Waals surface area contributed by atoms with Gasteiger partial charge >= 0.3 is 0 Å². The summed E-state index contributed by atoms with van der Waals surface area (Å²) >= 11 is 0. The van der Waals surface area contributed by atoms with E-state index in [0.29, 0.717) is 0 Å². The van der Waals surface area contributed by atoms with E-state index in [1.807, 2.05) is 0 Å². The van der Waals surface area contributed by atoms with Crippen LogP contribution >= 0.6 is 0 Å². The summed E-state index contributed by atoms with van der Waals surface area (Å²) in [7, 11) is 0. The minimum absolute atomic E-state index is 0.724. The third-order valence-corrected chi connectivity index (χ3v) is 12.2. The summed E-state index contributed by atoms with van der Waals surface area (Å²) in [5, 5.41) is 12.4. The van der Waals surface area contributed by atoms with Crippen LogP contribution in [0.5, 0.6) is 0 Å². The summed E-state index contributed by atoms with van der Waals surface area (Å²) in [5.74, 6) is 0. The van der Waals surface area contributed by atoms with Crippen molar-refractivity contribution in [1.29, 1.82) is 0 Å². The Bertz CT molecular complexity index is 3450. The van der Waals surface area contributed by atoms with Crippen molar-refractivity contribution in [1.82, 2.24) is 0 Å². The van der Waals surface area contributed by atoms with Crippen molar-refractivity contribution >= 4 is 65.3 Å². The Morgan fingerprint density at radius 3 is 1.43 bits per heavy atom. The molecule has 60 heavy (non-hydrogen) atoms. The van der Waals surface area contributed by atoms with Crippen LogP contribution in [-0.2, 0) is 6.42 Å². The number of hydrogen-bond acceptors (Lipinski definition) is 1. The summed E-state index contributed by atoms with van der Waals surface area (Å²) < 4.78 is 0. The molecule has 0 radical (unpaired) electrons. The van der Waals surface area contributed by atoms with Gasteiger partial charge in [-0.3, -0.25) is 4.99 Å². The fraction of sp³-hybridized carbons (Fsp3) is 0.0339. The van der Waals surface area contributed by atoms with Gasteiger partial charge in [0.05, 0.1) is 11.4 Å². The maximum atomic E-state index is 5.34. The van der Waals surface area contributed by atoms with Gasteiger partial charge in [0.25, 0.3) is 0 Å². The second kappa shape index (κ2) is 15.0. The fourth-order valence-electron chi connectivity index (χ4n) is 9.12. The molecular weight excluding hydrogens is 723 g/mol. The van der Waals surface area contributed by atoms with Gasteiger partial charge in [0, 0.05) is 6.42 Å². The standard InChI is InChI=1S/C59H41N/c1-39-33-45-17-9-10-20-48(45)38-56(39)60-57(44-15-3-2-4-16-44)34-40-23-25-43(26-24-40)49-31-32-54-55(37-49)59(51-30-28-42-14-6-8-19-47(42)36-51)53-22-12-11-21-52(53)58(54)50-29-27-41-13-5-7-18-46(41)35-50/h2-33,35-38H,34H2,1H3. The topological polar surface area (TPSA) is 12.4 Å². The van der Waals surface area contributed by atoms with Gasteiger partial charge in [-0.05, 0) is 141 Å². The number of rotatable bonds is 7. The smallest absolute Gasteiger partial charge is 0.0668 e. The Kier molecular flexibility index (Phi) is 8.86. The van der Waals surface area contributed by atoms with E-state index in [2.05, 4.69) is 225 Å². The van der Waals surface area contributed by atoms with Crippen molar-refractivity contribution in [3.8, 4) is 33.4 Å². The van der Waals surface area contributed by atoms with E-state index < -0.39 is 0 Å². The van der Waals surface area contributed by atoms with E-state index in [-0.39, 0.29) is 0 Å². The molecule has 0 unspecified atom stereocenters. The first-order chi connectivity index (χ1) is 29.6. The first-order valence-electron chi connectivity index (χ1n) is 20.8. The zero-order valence-corrected chi connectivity index (χ0v) is 33.4. The molecule has 11 aromatic carbocycles. The molecule has 0 spiro atoms. The van der Waals surface area contributed by atoms with Gasteiger partial charge in [-0.25, -0.2) is 0 Å². The molecule has 0 fully saturated rings. The van der Waals surface area contributed by atoms with Gasteiger partial charge in [0.15, 0.2) is 0 Å². The number of nitrogens with zero attached hydrogens (tertiary/aromatic N) is 1. The molecule has 0 aliphatic carbocycles. The summed E-state index contributed by atoms with van der Waals surface area (Å²) in [4.78, 5) is 5.34. The van der Waals surface area contributed by atoms with Crippen LogP contribution in [0.1, 0.15) is 16.7 Å². The maximum Gasteiger partial charge on any atom is 0.0668 e. The van der Waals surface area contributed by atoms with Crippen LogP contribution in [0.25, 0.3) is 87.2 Å². The number of hydrogen-bond donors (Lipinski definition) is 0. The Hall–Kier alpha value is -7.61. The molecule has 0 saturated heterocycles. The van der Waals surface area contributed by atoms with E-state index in [0.717, 1.165) is 23.4 Å². The van der Waals surface area contributed by atoms with Crippen molar-refractivity contribution in [2.45, 2.75) is 13.3 Å². The summed E-state index contributed by atoms with van der Waals surface area (Å²) in [5.41, 5.74) is 13.0. The average molecular weight is 764 g/mol. The first kappa shape index (κ1) is 35.5. The molecule has 0 atom stereocenters. The number of benzene rings is 11. The predicted molar refractivity (Wildman–Crippen MR) is 258 cm³/mol. The van der Waals surface area contributed by atoms with Crippen molar-refractivity contribution in [3.63, 3.8) is 0 Å². The second-order valence-electron chi connectivity index (χ2n) is 16.0. The Balaban J connectivity index is 1.05. The second-order valence-corrected chi connectivity index (χ2v) is 16.0. The molecule has 0 aromatic heterocycles. The van der Waals surface area contributed by atoms with Crippen LogP contribution in [0, 0.1) is 6.92 Å². The highest BCUT2D eigenvalue weighted by molar-refractivity contribution is 6.22. The van der Waals surface area contributed by atoms with E-state index >= 15 is 0 Å². The lowest BCUT2D eigenvalue weighted by Gasteiger charge is -2.19. The molecule has 0 N–H and O–H groups in total. The van der Waals surface area contributed by atoms with Crippen LogP contribution in [0.15, 0.2) is 223 Å². The highest BCUT2D eigenvalue weighted by Gasteiger charge is 2.18. The lowest BCUT2D eigenvalue weighted by molar-refractivity contribution is 1.29. The molecule has 1 nitrogen and oxygen atoms in total. The normalized spacial score (nSPS) is 11.9. The molecule has 0 heterocycles. The van der Waals surface area contributed by atoms with E-state index in [1.54, 1.807) is 0 Å². The monoisotopic (exact) mass is 763 g/mol. The lowest BCUT2D eigenvalue weighted by Crippen LogP contribution is -2.05. The zero-order valence-electron chi connectivity index (χ0n) is 33.4. The third kappa shape index (κ3) is 6.51. The van der Waals surface area contributed by atoms with Crippen molar-refractivity contribution in [2.24, 2.45) is 4.99 Å². The van der Waals surface area contributed by atoms with Gasteiger partial charge < -0.3 is 0 Å². The minimum atomic E-state index is 0.724. The molecule has 0 saturated carbocycles. The molecule has 1 heteroatoms. The molecule has 11 aromatic rings. The van der Waals surface area contributed by atoms with Crippen molar-refractivity contribution in [2.75, 3.05) is 0 Å². The summed E-state index contributed by atoms with van der Waals surface area (Å²) in [6.45, 7) is 2.16. The molecular formula is C59H41N. The lowest BCUT2D eigenvalue weighted by atomic mass is 9.84. The zero-order chi connectivity index (χ0) is 40.0. The Labute approximate surface area is 350 Å². The number of aliphatic imine (C=N–C) groups is 1. The number of aryl methyl sites for hydroxylation is 1. The van der Waals surface area contributed by atoms with Crippen molar-refractivity contribution in [3.05, 3.63) is 235 Å². The predicted octanol–water partition coefficient (Wildman–Crippen LogP) is 16.1. The van der Waals surface area contributed by atoms with E-state index in [4.69, 9.17) is 4.99 Å².